The number of nitrogens with zero attached hydrogens (tertiary/aromatic N) is 1. The highest BCUT2D eigenvalue weighted by molar-refractivity contribution is 8.01. The lowest BCUT2D eigenvalue weighted by Gasteiger charge is -2.33. The van der Waals surface area contributed by atoms with Gasteiger partial charge in [0.1, 0.15) is 0 Å². The monoisotopic (exact) mass is 449 g/mol. The number of carbonyl (C=O) groups is 2. The molecule has 1 atom stereocenters. The van der Waals surface area contributed by atoms with E-state index in [4.69, 9.17) is 31.4 Å². The second kappa shape index (κ2) is 9.86. The third kappa shape index (κ3) is 5.56. The van der Waals surface area contributed by atoms with Crippen LogP contribution < -0.4 is 0 Å². The van der Waals surface area contributed by atoms with Crippen LogP contribution in [-0.2, 0) is 19.1 Å². The van der Waals surface area contributed by atoms with Crippen molar-refractivity contribution in [2.45, 2.75) is 36.2 Å². The van der Waals surface area contributed by atoms with Gasteiger partial charge >= 0.3 is 11.9 Å². The van der Waals surface area contributed by atoms with Gasteiger partial charge in [-0.25, -0.2) is 9.59 Å². The molecule has 2 N–H and O–H groups in total. The Bertz CT molecular complexity index is 889. The molecule has 0 fully saturated rings. The van der Waals surface area contributed by atoms with Gasteiger partial charge in [-0.05, 0) is 76.2 Å². The highest BCUT2D eigenvalue weighted by Gasteiger charge is 2.49. The van der Waals surface area contributed by atoms with Crippen LogP contribution in [-0.4, -0.2) is 47.7 Å². The van der Waals surface area contributed by atoms with E-state index in [0.29, 0.717) is 0 Å². The third-order valence-electron chi connectivity index (χ3n) is 5.05. The van der Waals surface area contributed by atoms with E-state index in [2.05, 4.69) is 87.1 Å². The summed E-state index contributed by atoms with van der Waals surface area (Å²) in [5, 5.41) is 15.6. The summed E-state index contributed by atoms with van der Waals surface area (Å²) in [5.74, 6) is -3.65. The number of thioether (sulfide) groups is 1. The van der Waals surface area contributed by atoms with E-state index in [1.165, 1.54) is 16.7 Å². The van der Waals surface area contributed by atoms with E-state index in [1.807, 2.05) is 6.07 Å². The SMILES string of the molecule is CN(C)CCCC1(c2ccccc2)SC(C)(C)c2ccc(Cl)cc21.O=C(O)C(=O)O. The summed E-state index contributed by atoms with van der Waals surface area (Å²) in [6.45, 7) is 5.77. The smallest absolute Gasteiger partial charge is 0.414 e. The number of halogens is 1. The Kier molecular flexibility index (Phi) is 7.97. The first-order valence-electron chi connectivity index (χ1n) is 9.67. The normalized spacial score (nSPS) is 19.0. The Balaban J connectivity index is 0.000000469. The van der Waals surface area contributed by atoms with E-state index < -0.39 is 11.9 Å². The highest BCUT2D eigenvalue weighted by atomic mass is 35.5. The van der Waals surface area contributed by atoms with Crippen molar-refractivity contribution in [3.05, 3.63) is 70.2 Å². The molecule has 2 aromatic rings. The number of hydrogen-bond donors (Lipinski definition) is 2. The number of rotatable bonds is 5. The Morgan fingerprint density at radius 3 is 2.13 bits per heavy atom. The van der Waals surface area contributed by atoms with Crippen molar-refractivity contribution in [2.75, 3.05) is 20.6 Å². The van der Waals surface area contributed by atoms with Gasteiger partial charge in [0.25, 0.3) is 0 Å². The Labute approximate surface area is 187 Å². The molecule has 0 aliphatic carbocycles. The van der Waals surface area contributed by atoms with Crippen LogP contribution >= 0.6 is 23.4 Å². The first-order valence-corrected chi connectivity index (χ1v) is 10.9. The lowest BCUT2D eigenvalue weighted by Crippen LogP contribution is -2.24. The van der Waals surface area contributed by atoms with Gasteiger partial charge in [0.15, 0.2) is 0 Å². The number of benzene rings is 2. The average molecular weight is 450 g/mol. The second-order valence-corrected chi connectivity index (χ2v) is 10.4. The quantitative estimate of drug-likeness (QED) is 0.621. The summed E-state index contributed by atoms with van der Waals surface area (Å²) in [7, 11) is 4.29. The molecule has 5 nitrogen and oxygen atoms in total. The molecule has 7 heteroatoms. The van der Waals surface area contributed by atoms with E-state index in [-0.39, 0.29) is 9.49 Å². The van der Waals surface area contributed by atoms with Crippen LogP contribution in [0, 0.1) is 0 Å². The van der Waals surface area contributed by atoms with Crippen LogP contribution in [0.25, 0.3) is 0 Å². The zero-order chi connectivity index (χ0) is 22.5. The van der Waals surface area contributed by atoms with Crippen LogP contribution in [0.5, 0.6) is 0 Å². The zero-order valence-corrected chi connectivity index (χ0v) is 19.3. The third-order valence-corrected chi connectivity index (χ3v) is 7.03. The molecule has 1 heterocycles. The summed E-state index contributed by atoms with van der Waals surface area (Å²) in [4.78, 5) is 20.5. The van der Waals surface area contributed by atoms with Crippen molar-refractivity contribution >= 4 is 35.3 Å². The minimum absolute atomic E-state index is 0.0129. The van der Waals surface area contributed by atoms with Crippen molar-refractivity contribution in [3.63, 3.8) is 0 Å². The van der Waals surface area contributed by atoms with Gasteiger partial charge in [0.05, 0.1) is 4.75 Å². The van der Waals surface area contributed by atoms with Crippen LogP contribution in [0.3, 0.4) is 0 Å². The fourth-order valence-corrected chi connectivity index (χ4v) is 5.93. The van der Waals surface area contributed by atoms with Crippen molar-refractivity contribution in [3.8, 4) is 0 Å². The number of aliphatic carboxylic acids is 2. The molecule has 1 aliphatic rings. The van der Waals surface area contributed by atoms with Crippen molar-refractivity contribution in [1.29, 1.82) is 0 Å². The summed E-state index contributed by atoms with van der Waals surface area (Å²) < 4.78 is 0.0783. The Hall–Kier alpha value is -2.02. The Morgan fingerprint density at radius 1 is 1.00 bits per heavy atom. The molecule has 0 saturated heterocycles. The van der Waals surface area contributed by atoms with E-state index in [1.54, 1.807) is 0 Å². The molecule has 0 aromatic heterocycles. The number of carboxylic acid groups (broad SMARTS) is 2. The number of fused-ring (bicyclic) bond motifs is 1. The van der Waals surface area contributed by atoms with Gasteiger partial charge in [0, 0.05) is 9.77 Å². The van der Waals surface area contributed by atoms with Gasteiger partial charge in [-0.1, -0.05) is 48.0 Å². The van der Waals surface area contributed by atoms with Crippen LogP contribution in [0.1, 0.15) is 43.4 Å². The molecule has 30 heavy (non-hydrogen) atoms. The fraction of sp³-hybridized carbons (Fsp3) is 0.391. The van der Waals surface area contributed by atoms with Gasteiger partial charge in [0.2, 0.25) is 0 Å². The first kappa shape index (κ1) is 24.3. The molecule has 162 valence electrons. The van der Waals surface area contributed by atoms with Gasteiger partial charge in [-0.3, -0.25) is 0 Å². The van der Waals surface area contributed by atoms with E-state index in [0.717, 1.165) is 24.4 Å². The number of hydrogen-bond acceptors (Lipinski definition) is 4. The second-order valence-electron chi connectivity index (χ2n) is 8.01. The minimum atomic E-state index is -1.82. The topological polar surface area (TPSA) is 77.8 Å². The molecule has 0 amide bonds. The van der Waals surface area contributed by atoms with E-state index in [9.17, 15) is 0 Å². The molecule has 0 saturated carbocycles. The minimum Gasteiger partial charge on any atom is -0.473 e. The maximum atomic E-state index is 9.10. The first-order chi connectivity index (χ1) is 14.0. The molecule has 0 bridgehead atoms. The molecule has 1 aliphatic heterocycles. The lowest BCUT2D eigenvalue weighted by molar-refractivity contribution is -0.159. The van der Waals surface area contributed by atoms with E-state index >= 15 is 0 Å². The van der Waals surface area contributed by atoms with Crippen molar-refractivity contribution in [2.24, 2.45) is 0 Å². The molecule has 0 radical (unpaired) electrons. The predicted octanol–water partition coefficient (Wildman–Crippen LogP) is 5.06. The van der Waals surface area contributed by atoms with Crippen LogP contribution in [0.15, 0.2) is 48.5 Å². The lowest BCUT2D eigenvalue weighted by atomic mass is 9.82. The highest BCUT2D eigenvalue weighted by Crippen LogP contribution is 2.63. The van der Waals surface area contributed by atoms with Crippen molar-refractivity contribution < 1.29 is 19.8 Å². The predicted molar refractivity (Wildman–Crippen MR) is 122 cm³/mol. The standard InChI is InChI=1S/C21H26ClNS.C2H2O4/c1-20(2)18-12-11-17(22)15-19(18)21(24-20,13-8-14-23(3)4)16-9-6-5-7-10-16;3-1(4)2(5)6/h5-7,9-12,15H,8,13-14H2,1-4H3;(H,3,4)(H,5,6). The average Bonchev–Trinajstić information content (AvgIpc) is 2.90. The van der Waals surface area contributed by atoms with Crippen LogP contribution in [0.2, 0.25) is 5.02 Å². The maximum Gasteiger partial charge on any atom is 0.414 e. The van der Waals surface area contributed by atoms with Gasteiger partial charge in [-0.2, -0.15) is 0 Å². The zero-order valence-electron chi connectivity index (χ0n) is 17.7. The van der Waals surface area contributed by atoms with Crippen molar-refractivity contribution in [1.82, 2.24) is 4.90 Å². The Morgan fingerprint density at radius 2 is 1.60 bits per heavy atom. The number of carboxylic acids is 2. The van der Waals surface area contributed by atoms with Gasteiger partial charge < -0.3 is 15.1 Å². The molecular weight excluding hydrogens is 422 g/mol. The molecule has 2 aromatic carbocycles. The molecule has 1 unspecified atom stereocenters. The van der Waals surface area contributed by atoms with Gasteiger partial charge in [-0.15, -0.1) is 11.8 Å². The largest absolute Gasteiger partial charge is 0.473 e. The summed E-state index contributed by atoms with van der Waals surface area (Å²) in [6.07, 6.45) is 2.29. The fourth-order valence-electron chi connectivity index (χ4n) is 3.82. The van der Waals surface area contributed by atoms with Crippen LogP contribution in [0.4, 0.5) is 0 Å². The maximum absolute atomic E-state index is 9.10. The molecular formula is C23H28ClNO4S. The summed E-state index contributed by atoms with van der Waals surface area (Å²) >= 11 is 8.48. The molecule has 3 rings (SSSR count). The summed E-state index contributed by atoms with van der Waals surface area (Å²) in [5.41, 5.74) is 4.21. The summed E-state index contributed by atoms with van der Waals surface area (Å²) in [6, 6.07) is 17.4. The molecule has 0 spiro atoms.